The van der Waals surface area contributed by atoms with Gasteiger partial charge in [0.05, 0.1) is 7.11 Å². The van der Waals surface area contributed by atoms with Gasteiger partial charge in [0.15, 0.2) is 0 Å². The summed E-state index contributed by atoms with van der Waals surface area (Å²) in [5.74, 6) is -0.730. The van der Waals surface area contributed by atoms with Crippen molar-refractivity contribution in [2.75, 3.05) is 7.11 Å². The van der Waals surface area contributed by atoms with Gasteiger partial charge in [0.1, 0.15) is 11.7 Å². The van der Waals surface area contributed by atoms with E-state index in [1.807, 2.05) is 0 Å². The molecule has 14 heavy (non-hydrogen) atoms. The summed E-state index contributed by atoms with van der Waals surface area (Å²) in [5.41, 5.74) is -0.00891. The van der Waals surface area contributed by atoms with Crippen molar-refractivity contribution in [2.45, 2.75) is 33.6 Å². The van der Waals surface area contributed by atoms with Gasteiger partial charge in [0.2, 0.25) is 0 Å². The highest BCUT2D eigenvalue weighted by molar-refractivity contribution is 6.00. The Morgan fingerprint density at radius 2 is 2.00 bits per heavy atom. The zero-order valence-electron chi connectivity index (χ0n) is 9.29. The maximum Gasteiger partial charge on any atom is 0.316 e. The predicted molar refractivity (Wildman–Crippen MR) is 52.7 cm³/mol. The molecule has 0 heterocycles. The van der Waals surface area contributed by atoms with Crippen molar-refractivity contribution < 1.29 is 14.3 Å². The Morgan fingerprint density at radius 3 is 2.43 bits per heavy atom. The molecule has 0 aromatic heterocycles. The van der Waals surface area contributed by atoms with Gasteiger partial charge < -0.3 is 4.74 Å². The molecule has 0 bridgehead atoms. The van der Waals surface area contributed by atoms with E-state index >= 15 is 0 Å². The molecule has 1 rings (SSSR count). The molecule has 0 aromatic rings. The summed E-state index contributed by atoms with van der Waals surface area (Å²) in [4.78, 5) is 23.0. The number of rotatable bonds is 1. The molecule has 1 saturated carbocycles. The minimum absolute atomic E-state index is 0.00891. The van der Waals surface area contributed by atoms with E-state index in [2.05, 4.69) is 25.5 Å². The number of methoxy groups -OCH3 is 1. The maximum absolute atomic E-state index is 11.5. The van der Waals surface area contributed by atoms with Crippen LogP contribution in [0.25, 0.3) is 0 Å². The average molecular weight is 198 g/mol. The monoisotopic (exact) mass is 198 g/mol. The Morgan fingerprint density at radius 1 is 1.43 bits per heavy atom. The molecule has 2 unspecified atom stereocenters. The highest BCUT2D eigenvalue weighted by Gasteiger charge is 2.45. The van der Waals surface area contributed by atoms with Crippen molar-refractivity contribution in [3.05, 3.63) is 0 Å². The Labute approximate surface area is 84.8 Å². The van der Waals surface area contributed by atoms with E-state index in [0.29, 0.717) is 6.42 Å². The lowest BCUT2D eigenvalue weighted by Crippen LogP contribution is -2.33. The lowest BCUT2D eigenvalue weighted by molar-refractivity contribution is -0.151. The standard InChI is InChI=1S/C11H18O3/c1-11(2,3)7-5-6-8(12)9(7)10(13)14-4/h7,9H,5-6H2,1-4H3. The molecule has 1 fully saturated rings. The molecule has 0 aromatic carbocycles. The van der Waals surface area contributed by atoms with E-state index in [1.54, 1.807) is 0 Å². The molecular weight excluding hydrogens is 180 g/mol. The third-order valence-corrected chi connectivity index (χ3v) is 3.02. The third kappa shape index (κ3) is 1.97. The molecule has 1 aliphatic rings. The lowest BCUT2D eigenvalue weighted by atomic mass is 9.74. The number of carbonyl (C=O) groups is 2. The lowest BCUT2D eigenvalue weighted by Gasteiger charge is -2.29. The summed E-state index contributed by atoms with van der Waals surface area (Å²) < 4.78 is 4.67. The first-order valence-electron chi connectivity index (χ1n) is 4.98. The normalized spacial score (nSPS) is 27.9. The van der Waals surface area contributed by atoms with E-state index in [4.69, 9.17) is 0 Å². The first kappa shape index (κ1) is 11.2. The third-order valence-electron chi connectivity index (χ3n) is 3.02. The summed E-state index contributed by atoms with van der Waals surface area (Å²) in [5, 5.41) is 0. The van der Waals surface area contributed by atoms with Crippen LogP contribution in [0.5, 0.6) is 0 Å². The molecule has 0 N–H and O–H groups in total. The number of esters is 1. The smallest absolute Gasteiger partial charge is 0.316 e. The van der Waals surface area contributed by atoms with Gasteiger partial charge in [0.25, 0.3) is 0 Å². The van der Waals surface area contributed by atoms with E-state index in [-0.39, 0.29) is 23.1 Å². The van der Waals surface area contributed by atoms with Gasteiger partial charge in [-0.15, -0.1) is 0 Å². The van der Waals surface area contributed by atoms with Crippen LogP contribution in [-0.4, -0.2) is 18.9 Å². The van der Waals surface area contributed by atoms with Crippen LogP contribution < -0.4 is 0 Å². The fourth-order valence-corrected chi connectivity index (χ4v) is 2.20. The highest BCUT2D eigenvalue weighted by Crippen LogP contribution is 2.42. The molecular formula is C11H18O3. The van der Waals surface area contributed by atoms with Gasteiger partial charge in [-0.3, -0.25) is 9.59 Å². The van der Waals surface area contributed by atoms with E-state index in [1.165, 1.54) is 7.11 Å². The SMILES string of the molecule is COC(=O)C1C(=O)CCC1C(C)(C)C. The fourth-order valence-electron chi connectivity index (χ4n) is 2.20. The van der Waals surface area contributed by atoms with Gasteiger partial charge in [-0.1, -0.05) is 20.8 Å². The Kier molecular flexibility index (Phi) is 2.98. The minimum atomic E-state index is -0.528. The molecule has 1 aliphatic carbocycles. The van der Waals surface area contributed by atoms with Crippen molar-refractivity contribution in [3.63, 3.8) is 0 Å². The van der Waals surface area contributed by atoms with Crippen molar-refractivity contribution in [1.82, 2.24) is 0 Å². The van der Waals surface area contributed by atoms with Crippen molar-refractivity contribution >= 4 is 11.8 Å². The summed E-state index contributed by atoms with van der Waals surface area (Å²) >= 11 is 0. The van der Waals surface area contributed by atoms with Crippen LogP contribution in [-0.2, 0) is 14.3 Å². The number of Topliss-reactive ketones (excluding diaryl/α,β-unsaturated/α-hetero) is 1. The number of hydrogen-bond donors (Lipinski definition) is 0. The molecule has 80 valence electrons. The number of hydrogen-bond acceptors (Lipinski definition) is 3. The second-order valence-corrected chi connectivity index (χ2v) is 4.98. The van der Waals surface area contributed by atoms with Crippen LogP contribution in [0.1, 0.15) is 33.6 Å². The van der Waals surface area contributed by atoms with Gasteiger partial charge in [-0.2, -0.15) is 0 Å². The largest absolute Gasteiger partial charge is 0.468 e. The summed E-state index contributed by atoms with van der Waals surface area (Å²) in [6, 6.07) is 0. The van der Waals surface area contributed by atoms with E-state index in [0.717, 1.165) is 6.42 Å². The van der Waals surface area contributed by atoms with Gasteiger partial charge in [0, 0.05) is 6.42 Å². The van der Waals surface area contributed by atoms with Gasteiger partial charge >= 0.3 is 5.97 Å². The average Bonchev–Trinajstić information content (AvgIpc) is 2.45. The molecule has 0 aliphatic heterocycles. The van der Waals surface area contributed by atoms with Crippen LogP contribution in [0.2, 0.25) is 0 Å². The molecule has 3 heteroatoms. The van der Waals surface area contributed by atoms with Crippen molar-refractivity contribution in [1.29, 1.82) is 0 Å². The van der Waals surface area contributed by atoms with Crippen LogP contribution in [0, 0.1) is 17.3 Å². The van der Waals surface area contributed by atoms with E-state index < -0.39 is 5.92 Å². The summed E-state index contributed by atoms with van der Waals surface area (Å²) in [7, 11) is 1.34. The quantitative estimate of drug-likeness (QED) is 0.476. The number of ether oxygens (including phenoxy) is 1. The Balaban J connectivity index is 2.88. The van der Waals surface area contributed by atoms with Crippen LogP contribution in [0.3, 0.4) is 0 Å². The summed E-state index contributed by atoms with van der Waals surface area (Å²) in [6.45, 7) is 6.19. The predicted octanol–water partition coefficient (Wildman–Crippen LogP) is 1.80. The Hall–Kier alpha value is -0.860. The second-order valence-electron chi connectivity index (χ2n) is 4.98. The number of ketones is 1. The Bertz CT molecular complexity index is 250. The molecule has 0 amide bonds. The van der Waals surface area contributed by atoms with Crippen LogP contribution in [0.4, 0.5) is 0 Å². The highest BCUT2D eigenvalue weighted by atomic mass is 16.5. The fraction of sp³-hybridized carbons (Fsp3) is 0.818. The zero-order valence-corrected chi connectivity index (χ0v) is 9.29. The van der Waals surface area contributed by atoms with Crippen LogP contribution in [0.15, 0.2) is 0 Å². The van der Waals surface area contributed by atoms with Crippen molar-refractivity contribution in [3.8, 4) is 0 Å². The second kappa shape index (κ2) is 3.71. The number of carbonyl (C=O) groups excluding carboxylic acids is 2. The summed E-state index contributed by atoms with van der Waals surface area (Å²) in [6.07, 6.45) is 1.32. The van der Waals surface area contributed by atoms with Gasteiger partial charge in [-0.25, -0.2) is 0 Å². The molecule has 2 atom stereocenters. The van der Waals surface area contributed by atoms with E-state index in [9.17, 15) is 9.59 Å². The molecule has 0 spiro atoms. The first-order chi connectivity index (χ1) is 6.38. The molecule has 0 saturated heterocycles. The zero-order chi connectivity index (χ0) is 10.9. The van der Waals surface area contributed by atoms with Crippen molar-refractivity contribution in [2.24, 2.45) is 17.3 Å². The molecule has 0 radical (unpaired) electrons. The minimum Gasteiger partial charge on any atom is -0.468 e. The maximum atomic E-state index is 11.5. The molecule has 3 nitrogen and oxygen atoms in total. The van der Waals surface area contributed by atoms with Crippen LogP contribution >= 0.6 is 0 Å². The topological polar surface area (TPSA) is 43.4 Å². The van der Waals surface area contributed by atoms with Gasteiger partial charge in [-0.05, 0) is 17.8 Å². The first-order valence-corrected chi connectivity index (χ1v) is 4.98.